The minimum absolute atomic E-state index is 0.0617. The van der Waals surface area contributed by atoms with Crippen molar-refractivity contribution in [3.8, 4) is 6.07 Å². The highest BCUT2D eigenvalue weighted by atomic mass is 32.2. The van der Waals surface area contributed by atoms with Crippen molar-refractivity contribution in [2.45, 2.75) is 100 Å². The summed E-state index contributed by atoms with van der Waals surface area (Å²) in [6, 6.07) is 9.42. The van der Waals surface area contributed by atoms with E-state index in [1.54, 1.807) is 36.1 Å². The second-order valence-corrected chi connectivity index (χ2v) is 17.0. The lowest BCUT2D eigenvalue weighted by Crippen LogP contribution is -2.48. The molecule has 0 radical (unpaired) electrons. The number of ether oxygens (including phenoxy) is 5. The average molecular weight is 881 g/mol. The molecule has 18 heteroatoms. The van der Waals surface area contributed by atoms with Crippen LogP contribution in [-0.2, 0) is 45.4 Å². The third-order valence-corrected chi connectivity index (χ3v) is 12.5. The Hall–Kier alpha value is -5.22. The Bertz CT molecular complexity index is 2080. The van der Waals surface area contributed by atoms with Crippen molar-refractivity contribution >= 4 is 35.9 Å². The molecule has 3 aliphatic rings. The minimum Gasteiger partial charge on any atom is -0.425 e. The van der Waals surface area contributed by atoms with Crippen LogP contribution in [-0.4, -0.2) is 111 Å². The molecule has 3 atom stereocenters. The van der Waals surface area contributed by atoms with Crippen LogP contribution in [0.2, 0.25) is 0 Å². The number of halogens is 3. The molecule has 3 aliphatic heterocycles. The number of esters is 1. The first kappa shape index (κ1) is 46.3. The summed E-state index contributed by atoms with van der Waals surface area (Å²) in [7, 11) is 0. The molecule has 332 valence electrons. The summed E-state index contributed by atoms with van der Waals surface area (Å²) in [6.07, 6.45) is 10.7. The third-order valence-electron chi connectivity index (χ3n) is 11.1. The van der Waals surface area contributed by atoms with Crippen molar-refractivity contribution in [2.24, 2.45) is 0 Å². The van der Waals surface area contributed by atoms with Gasteiger partial charge in [0.2, 0.25) is 12.2 Å². The molecule has 3 fully saturated rings. The molecule has 0 N–H and O–H groups in total. The summed E-state index contributed by atoms with van der Waals surface area (Å²) in [5, 5.41) is 11.9. The summed E-state index contributed by atoms with van der Waals surface area (Å²) in [6.45, 7) is 6.51. The maximum absolute atomic E-state index is 15.8. The Labute approximate surface area is 363 Å². The number of nitrogens with zero attached hydrogens (tertiary/aromatic N) is 6. The van der Waals surface area contributed by atoms with Crippen LogP contribution < -0.4 is 0 Å². The number of hydrogen-bond donors (Lipinski definition) is 0. The van der Waals surface area contributed by atoms with Crippen LogP contribution in [0.25, 0.3) is 6.08 Å². The zero-order valence-corrected chi connectivity index (χ0v) is 35.5. The summed E-state index contributed by atoms with van der Waals surface area (Å²) in [4.78, 5) is 47.6. The normalized spacial score (nSPS) is 20.9. The van der Waals surface area contributed by atoms with Crippen molar-refractivity contribution in [3.63, 3.8) is 0 Å². The topological polar surface area (TPSA) is 158 Å². The van der Waals surface area contributed by atoms with E-state index in [2.05, 4.69) is 15.0 Å². The van der Waals surface area contributed by atoms with Gasteiger partial charge in [0.25, 0.3) is 0 Å². The number of likely N-dealkylation sites (tertiary alicyclic amines) is 2. The van der Waals surface area contributed by atoms with Gasteiger partial charge in [-0.05, 0) is 76.0 Å². The number of allylic oxidation sites excluding steroid dienone is 2. The largest absolute Gasteiger partial charge is 0.512 e. The number of hydrogen-bond acceptors (Lipinski definition) is 13. The van der Waals surface area contributed by atoms with E-state index in [-0.39, 0.29) is 54.9 Å². The van der Waals surface area contributed by atoms with Crippen molar-refractivity contribution in [2.75, 3.05) is 39.4 Å². The van der Waals surface area contributed by atoms with E-state index in [0.717, 1.165) is 38.1 Å². The number of nitriles is 1. The van der Waals surface area contributed by atoms with Gasteiger partial charge >= 0.3 is 12.1 Å². The fraction of sp³-hybridized carbons (Fsp3) is 0.500. The van der Waals surface area contributed by atoms with Crippen LogP contribution in [0.5, 0.6) is 0 Å². The Morgan fingerprint density at radius 3 is 2.40 bits per heavy atom. The van der Waals surface area contributed by atoms with Crippen molar-refractivity contribution in [1.29, 1.82) is 5.26 Å². The predicted molar refractivity (Wildman–Crippen MR) is 221 cm³/mol. The fourth-order valence-electron chi connectivity index (χ4n) is 7.83. The Morgan fingerprint density at radius 1 is 0.968 bits per heavy atom. The molecule has 4 heterocycles. The quantitative estimate of drug-likeness (QED) is 0.0833. The molecule has 1 aromatic heterocycles. The highest BCUT2D eigenvalue weighted by Crippen LogP contribution is 2.42. The second-order valence-electron chi connectivity index (χ2n) is 15.4. The van der Waals surface area contributed by atoms with Gasteiger partial charge in [-0.3, -0.25) is 9.59 Å². The van der Waals surface area contributed by atoms with Crippen LogP contribution in [0.1, 0.15) is 75.5 Å². The van der Waals surface area contributed by atoms with Gasteiger partial charge in [0.1, 0.15) is 30.1 Å². The highest BCUT2D eigenvalue weighted by Gasteiger charge is 2.47. The first-order valence-corrected chi connectivity index (χ1v) is 21.7. The van der Waals surface area contributed by atoms with Gasteiger partial charge in [-0.25, -0.2) is 27.6 Å². The minimum atomic E-state index is -1.91. The number of amides is 1. The van der Waals surface area contributed by atoms with Crippen LogP contribution in [0.15, 0.2) is 67.3 Å². The van der Waals surface area contributed by atoms with Crippen molar-refractivity contribution in [1.82, 2.24) is 24.6 Å². The Balaban J connectivity index is 1.05. The number of carbonyl (C=O) groups excluding carboxylic acids is 3. The number of carbonyl (C=O) groups is 3. The van der Waals surface area contributed by atoms with E-state index in [1.807, 2.05) is 6.07 Å². The number of benzene rings is 2. The first-order chi connectivity index (χ1) is 29.9. The van der Waals surface area contributed by atoms with Gasteiger partial charge in [0, 0.05) is 54.9 Å². The Kier molecular flexibility index (Phi) is 16.6. The molecule has 1 amide bonds. The summed E-state index contributed by atoms with van der Waals surface area (Å²) in [5.74, 6) is -3.29. The van der Waals surface area contributed by atoms with Gasteiger partial charge in [-0.2, -0.15) is 10.4 Å². The molecule has 0 aliphatic carbocycles. The molecule has 62 heavy (non-hydrogen) atoms. The van der Waals surface area contributed by atoms with Crippen LogP contribution >= 0.6 is 11.8 Å². The number of thioether (sulfide) groups is 1. The number of piperidine rings is 2. The van der Waals surface area contributed by atoms with E-state index in [1.165, 1.54) is 73.5 Å². The van der Waals surface area contributed by atoms with E-state index < -0.39 is 53.0 Å². The van der Waals surface area contributed by atoms with Crippen molar-refractivity contribution in [3.05, 3.63) is 101 Å². The molecule has 3 saturated heterocycles. The molecule has 0 saturated carbocycles. The van der Waals surface area contributed by atoms with Crippen LogP contribution in [0.4, 0.5) is 18.0 Å². The summed E-state index contributed by atoms with van der Waals surface area (Å²) < 4.78 is 74.2. The Morgan fingerprint density at radius 2 is 1.73 bits per heavy atom. The number of rotatable bonds is 16. The van der Waals surface area contributed by atoms with Crippen LogP contribution in [0.3, 0.4) is 0 Å². The zero-order chi connectivity index (χ0) is 44.1. The maximum Gasteiger partial charge on any atom is 0.512 e. The molecule has 2 aromatic carbocycles. The van der Waals surface area contributed by atoms with E-state index in [9.17, 15) is 23.2 Å². The lowest BCUT2D eigenvalue weighted by atomic mass is 9.89. The van der Waals surface area contributed by atoms with Gasteiger partial charge in [-0.1, -0.05) is 30.7 Å². The van der Waals surface area contributed by atoms with Gasteiger partial charge in [0.15, 0.2) is 11.9 Å². The first-order valence-electron chi connectivity index (χ1n) is 20.7. The lowest BCUT2D eigenvalue weighted by molar-refractivity contribution is -0.172. The SMILES string of the molecule is CC(OC(=O)CCC(=O)N1CCC(N2CCCCC2)CC1)OC(=O)OC(Cn1cncn1)(c1ccc(F)cc1F)C(C)SC1COC(C=CC=Cc2ccc(C#N)cc2F)OC1. The molecule has 6 rings (SSSR count). The third kappa shape index (κ3) is 12.7. The maximum atomic E-state index is 15.8. The van der Waals surface area contributed by atoms with E-state index in [4.69, 9.17) is 28.9 Å². The van der Waals surface area contributed by atoms with Crippen LogP contribution in [0, 0.1) is 28.8 Å². The van der Waals surface area contributed by atoms with Gasteiger partial charge in [-0.15, -0.1) is 11.8 Å². The molecule has 0 bridgehead atoms. The molecule has 3 aromatic rings. The predicted octanol–water partition coefficient (Wildman–Crippen LogP) is 6.89. The summed E-state index contributed by atoms with van der Waals surface area (Å²) in [5.41, 5.74) is -1.57. The average Bonchev–Trinajstić information content (AvgIpc) is 3.78. The molecule has 0 spiro atoms. The van der Waals surface area contributed by atoms with Gasteiger partial charge < -0.3 is 33.5 Å². The second kappa shape index (κ2) is 22.2. The smallest absolute Gasteiger partial charge is 0.425 e. The molecular formula is C44H51F3N6O8S. The summed E-state index contributed by atoms with van der Waals surface area (Å²) >= 11 is 1.26. The molecule has 14 nitrogen and oxygen atoms in total. The number of aromatic nitrogens is 3. The van der Waals surface area contributed by atoms with E-state index in [0.29, 0.717) is 30.8 Å². The van der Waals surface area contributed by atoms with Crippen molar-refractivity contribution < 1.29 is 51.2 Å². The highest BCUT2D eigenvalue weighted by molar-refractivity contribution is 8.00. The molecule has 3 unspecified atom stereocenters. The zero-order valence-electron chi connectivity index (χ0n) is 34.7. The monoisotopic (exact) mass is 880 g/mol. The molecular weight excluding hydrogens is 830 g/mol. The van der Waals surface area contributed by atoms with Gasteiger partial charge in [0.05, 0.1) is 43.1 Å². The fourth-order valence-corrected chi connectivity index (χ4v) is 9.19. The lowest BCUT2D eigenvalue weighted by Gasteiger charge is -2.40. The standard InChI is InChI=1S/C44H51F3N6O8S/c1-30(62-36-25-57-42(58-26-36)9-5-4-8-33-11-10-32(24-48)22-38(33)46)44(27-53-29-49-28-50-53,37-13-12-34(45)23-39(37)47)61-43(56)60-31(2)59-41(55)15-14-40(54)52-20-16-35(17-21-52)51-18-6-3-7-19-51/h4-5,8-13,22-23,28-31,35-36,42H,3,6-7,14-21,25-27H2,1-2H3. The van der Waals surface area contributed by atoms with E-state index >= 15 is 4.39 Å².